The van der Waals surface area contributed by atoms with Crippen LogP contribution < -0.4 is 0 Å². The van der Waals surface area contributed by atoms with Crippen LogP contribution in [0.4, 0.5) is 0 Å². The number of hydrogen-bond donors (Lipinski definition) is 1. The first kappa shape index (κ1) is 14.0. The first-order valence-corrected chi connectivity index (χ1v) is 7.21. The molecule has 6 nitrogen and oxygen atoms in total. The lowest BCUT2D eigenvalue weighted by molar-refractivity contribution is 0.101. The van der Waals surface area contributed by atoms with Gasteiger partial charge in [-0.25, -0.2) is 0 Å². The molecule has 0 spiro atoms. The molecular weight excluding hydrogens is 270 g/mol. The molecule has 0 amide bonds. The first-order valence-electron chi connectivity index (χ1n) is 7.21. The summed E-state index contributed by atoms with van der Waals surface area (Å²) in [5, 5.41) is 4.03. The summed E-state index contributed by atoms with van der Waals surface area (Å²) < 4.78 is 11.0. The van der Waals surface area contributed by atoms with Crippen LogP contribution in [0.25, 0.3) is 11.5 Å². The minimum atomic E-state index is 0.000874. The van der Waals surface area contributed by atoms with E-state index in [2.05, 4.69) is 15.1 Å². The number of H-pyrrole nitrogens is 1. The Morgan fingerprint density at radius 1 is 1.43 bits per heavy atom. The lowest BCUT2D eigenvalue weighted by atomic mass is 10.1. The average Bonchev–Trinajstić information content (AvgIpc) is 3.12. The average molecular weight is 289 g/mol. The van der Waals surface area contributed by atoms with E-state index < -0.39 is 0 Å². The van der Waals surface area contributed by atoms with E-state index in [1.165, 1.54) is 0 Å². The van der Waals surface area contributed by atoms with Gasteiger partial charge in [-0.1, -0.05) is 5.16 Å². The van der Waals surface area contributed by atoms with Gasteiger partial charge < -0.3 is 14.2 Å². The summed E-state index contributed by atoms with van der Waals surface area (Å²) in [7, 11) is 0. The predicted octanol–water partition coefficient (Wildman–Crippen LogP) is 2.61. The van der Waals surface area contributed by atoms with E-state index in [0.717, 1.165) is 36.3 Å². The third kappa shape index (κ3) is 2.63. The van der Waals surface area contributed by atoms with Gasteiger partial charge >= 0.3 is 0 Å². The van der Waals surface area contributed by atoms with Gasteiger partial charge in [0, 0.05) is 25.6 Å². The molecule has 2 aromatic rings. The highest BCUT2D eigenvalue weighted by molar-refractivity contribution is 5.96. The van der Waals surface area contributed by atoms with E-state index in [-0.39, 0.29) is 11.9 Å². The Morgan fingerprint density at radius 2 is 2.24 bits per heavy atom. The molecule has 112 valence electrons. The van der Waals surface area contributed by atoms with Gasteiger partial charge in [0.05, 0.1) is 17.4 Å². The molecule has 2 aromatic heterocycles. The van der Waals surface area contributed by atoms with Crippen molar-refractivity contribution in [2.75, 3.05) is 6.61 Å². The summed E-state index contributed by atoms with van der Waals surface area (Å²) in [5.74, 6) is 1.11. The Hall–Kier alpha value is -1.95. The summed E-state index contributed by atoms with van der Waals surface area (Å²) in [6, 6.07) is 0. The molecule has 21 heavy (non-hydrogen) atoms. The highest BCUT2D eigenvalue weighted by atomic mass is 16.5. The van der Waals surface area contributed by atoms with E-state index in [0.29, 0.717) is 23.8 Å². The smallest absolute Gasteiger partial charge is 0.260 e. The largest absolute Gasteiger partial charge is 0.378 e. The molecule has 1 aliphatic rings. The number of hydrogen-bond acceptors (Lipinski definition) is 5. The normalized spacial score (nSPS) is 18.3. The maximum absolute atomic E-state index is 11.6. The van der Waals surface area contributed by atoms with Crippen LogP contribution in [0.1, 0.15) is 47.3 Å². The van der Waals surface area contributed by atoms with E-state index in [1.807, 2.05) is 13.8 Å². The standard InChI is InChI=1S/C15H19N3O3/c1-8-13(9(2)16-14(8)10(3)19)15-17-12(18-21-15)7-11-5-4-6-20-11/h11,16H,4-7H2,1-3H3. The molecule has 1 atom stereocenters. The van der Waals surface area contributed by atoms with Crippen LogP contribution in [0.3, 0.4) is 0 Å². The van der Waals surface area contributed by atoms with E-state index >= 15 is 0 Å². The molecule has 1 fully saturated rings. The fourth-order valence-corrected chi connectivity index (χ4v) is 2.87. The summed E-state index contributed by atoms with van der Waals surface area (Å²) in [6.45, 7) is 6.14. The quantitative estimate of drug-likeness (QED) is 0.875. The molecule has 1 saturated heterocycles. The maximum Gasteiger partial charge on any atom is 0.260 e. The minimum absolute atomic E-state index is 0.000874. The zero-order chi connectivity index (χ0) is 15.0. The Balaban J connectivity index is 1.87. The number of ketones is 1. The van der Waals surface area contributed by atoms with Gasteiger partial charge in [-0.2, -0.15) is 4.98 Å². The van der Waals surface area contributed by atoms with E-state index in [1.54, 1.807) is 6.92 Å². The summed E-state index contributed by atoms with van der Waals surface area (Å²) in [5.41, 5.74) is 3.14. The van der Waals surface area contributed by atoms with Crippen LogP contribution in [0, 0.1) is 13.8 Å². The highest BCUT2D eigenvalue weighted by Gasteiger charge is 2.23. The molecule has 1 aliphatic heterocycles. The Labute approximate surface area is 122 Å². The molecule has 0 saturated carbocycles. The van der Waals surface area contributed by atoms with Crippen LogP contribution in [-0.2, 0) is 11.2 Å². The van der Waals surface area contributed by atoms with Crippen molar-refractivity contribution in [2.24, 2.45) is 0 Å². The topological polar surface area (TPSA) is 81.0 Å². The number of nitrogens with one attached hydrogen (secondary N) is 1. The van der Waals surface area contributed by atoms with Crippen molar-refractivity contribution >= 4 is 5.78 Å². The number of rotatable bonds is 4. The number of aromatic amines is 1. The second-order valence-electron chi connectivity index (χ2n) is 5.54. The lowest BCUT2D eigenvalue weighted by Crippen LogP contribution is -2.09. The number of Topliss-reactive ketones (excluding diaryl/α,β-unsaturated/α-hetero) is 1. The Kier molecular flexibility index (Phi) is 3.63. The van der Waals surface area contributed by atoms with Gasteiger partial charge in [-0.15, -0.1) is 0 Å². The molecule has 1 N–H and O–H groups in total. The SMILES string of the molecule is CC(=O)c1[nH]c(C)c(-c2nc(CC3CCCO3)no2)c1C. The molecule has 0 radical (unpaired) electrons. The Morgan fingerprint density at radius 3 is 2.86 bits per heavy atom. The molecule has 1 unspecified atom stereocenters. The van der Waals surface area contributed by atoms with Crippen molar-refractivity contribution in [3.05, 3.63) is 22.8 Å². The lowest BCUT2D eigenvalue weighted by Gasteiger charge is -2.03. The van der Waals surface area contributed by atoms with Crippen molar-refractivity contribution in [1.82, 2.24) is 15.1 Å². The molecule has 3 heterocycles. The molecule has 6 heteroatoms. The number of nitrogens with zero attached hydrogens (tertiary/aromatic N) is 2. The van der Waals surface area contributed by atoms with E-state index in [9.17, 15) is 4.79 Å². The summed E-state index contributed by atoms with van der Waals surface area (Å²) >= 11 is 0. The maximum atomic E-state index is 11.6. The zero-order valence-electron chi connectivity index (χ0n) is 12.5. The van der Waals surface area contributed by atoms with Gasteiger partial charge in [0.1, 0.15) is 0 Å². The van der Waals surface area contributed by atoms with Gasteiger partial charge in [0.2, 0.25) is 0 Å². The van der Waals surface area contributed by atoms with Crippen molar-refractivity contribution < 1.29 is 14.1 Å². The number of carbonyl (C=O) groups excluding carboxylic acids is 1. The van der Waals surface area contributed by atoms with Crippen LogP contribution in [0.15, 0.2) is 4.52 Å². The van der Waals surface area contributed by atoms with Crippen LogP contribution in [0.5, 0.6) is 0 Å². The fourth-order valence-electron chi connectivity index (χ4n) is 2.87. The van der Waals surface area contributed by atoms with Gasteiger partial charge in [-0.05, 0) is 32.3 Å². The van der Waals surface area contributed by atoms with Crippen LogP contribution >= 0.6 is 0 Å². The summed E-state index contributed by atoms with van der Waals surface area (Å²) in [4.78, 5) is 19.1. The monoisotopic (exact) mass is 289 g/mol. The Bertz CT molecular complexity index is 666. The molecular formula is C15H19N3O3. The van der Waals surface area contributed by atoms with Crippen molar-refractivity contribution in [3.63, 3.8) is 0 Å². The van der Waals surface area contributed by atoms with Crippen molar-refractivity contribution in [3.8, 4) is 11.5 Å². The highest BCUT2D eigenvalue weighted by Crippen LogP contribution is 2.29. The third-order valence-corrected chi connectivity index (χ3v) is 3.91. The van der Waals surface area contributed by atoms with Crippen LogP contribution in [-0.4, -0.2) is 33.6 Å². The second-order valence-corrected chi connectivity index (χ2v) is 5.54. The number of aromatic nitrogens is 3. The first-order chi connectivity index (χ1) is 10.1. The summed E-state index contributed by atoms with van der Waals surface area (Å²) in [6.07, 6.45) is 3.00. The molecule has 3 rings (SSSR count). The third-order valence-electron chi connectivity index (χ3n) is 3.91. The minimum Gasteiger partial charge on any atom is -0.378 e. The van der Waals surface area contributed by atoms with Crippen molar-refractivity contribution in [2.45, 2.75) is 46.1 Å². The molecule has 0 bridgehead atoms. The predicted molar refractivity (Wildman–Crippen MR) is 76.2 cm³/mol. The van der Waals surface area contributed by atoms with Crippen molar-refractivity contribution in [1.29, 1.82) is 0 Å². The van der Waals surface area contributed by atoms with Crippen LogP contribution in [0.2, 0.25) is 0 Å². The van der Waals surface area contributed by atoms with Gasteiger partial charge in [-0.3, -0.25) is 4.79 Å². The number of aryl methyl sites for hydroxylation is 1. The number of carbonyl (C=O) groups is 1. The van der Waals surface area contributed by atoms with E-state index in [4.69, 9.17) is 9.26 Å². The van der Waals surface area contributed by atoms with Gasteiger partial charge in [0.25, 0.3) is 5.89 Å². The number of ether oxygens (including phenoxy) is 1. The zero-order valence-corrected chi connectivity index (χ0v) is 12.5. The van der Waals surface area contributed by atoms with Gasteiger partial charge in [0.15, 0.2) is 11.6 Å². The molecule has 0 aliphatic carbocycles. The fraction of sp³-hybridized carbons (Fsp3) is 0.533. The molecule has 0 aromatic carbocycles. The second kappa shape index (κ2) is 5.44.